The van der Waals surface area contributed by atoms with Crippen LogP contribution in [0.3, 0.4) is 0 Å². The van der Waals surface area contributed by atoms with E-state index < -0.39 is 0 Å². The third-order valence-electron chi connectivity index (χ3n) is 4.95. The van der Waals surface area contributed by atoms with E-state index in [-0.39, 0.29) is 0 Å². The molecule has 3 aliphatic carbocycles. The van der Waals surface area contributed by atoms with E-state index in [1.54, 1.807) is 0 Å². The number of amides is 1. The zero-order chi connectivity index (χ0) is 11.2. The van der Waals surface area contributed by atoms with Crippen LogP contribution in [0.1, 0.15) is 38.5 Å². The number of alkyl halides is 1. The number of rotatable bonds is 4. The Morgan fingerprint density at radius 2 is 2.12 bits per heavy atom. The Kier molecular flexibility index (Phi) is 2.77. The second kappa shape index (κ2) is 4.01. The van der Waals surface area contributed by atoms with Gasteiger partial charge in [-0.05, 0) is 49.4 Å². The van der Waals surface area contributed by atoms with Gasteiger partial charge in [-0.1, -0.05) is 22.4 Å². The molecule has 90 valence electrons. The van der Waals surface area contributed by atoms with Gasteiger partial charge in [0.15, 0.2) is 0 Å². The SMILES string of the molecule is O=C(NCC1(CBr)CC1)C1CC2CCC1C2. The van der Waals surface area contributed by atoms with Crippen molar-refractivity contribution in [2.24, 2.45) is 23.2 Å². The maximum atomic E-state index is 12.1. The largest absolute Gasteiger partial charge is 0.355 e. The molecular weight excluding hydrogens is 266 g/mol. The van der Waals surface area contributed by atoms with E-state index in [2.05, 4.69) is 21.2 Å². The summed E-state index contributed by atoms with van der Waals surface area (Å²) in [6.45, 7) is 0.894. The minimum absolute atomic E-state index is 0.347. The predicted octanol–water partition coefficient (Wildman–Crippen LogP) is 2.71. The van der Waals surface area contributed by atoms with Crippen LogP contribution in [0.25, 0.3) is 0 Å². The molecule has 3 aliphatic rings. The summed E-state index contributed by atoms with van der Waals surface area (Å²) in [5.74, 6) is 2.28. The molecule has 1 N–H and O–H groups in total. The van der Waals surface area contributed by atoms with E-state index in [0.29, 0.717) is 23.2 Å². The number of hydrogen-bond acceptors (Lipinski definition) is 1. The molecule has 1 amide bonds. The summed E-state index contributed by atoms with van der Waals surface area (Å²) in [7, 11) is 0. The van der Waals surface area contributed by atoms with Gasteiger partial charge in [0.1, 0.15) is 0 Å². The predicted molar refractivity (Wildman–Crippen MR) is 67.4 cm³/mol. The Morgan fingerprint density at radius 3 is 2.62 bits per heavy atom. The third-order valence-corrected chi connectivity index (χ3v) is 6.14. The van der Waals surface area contributed by atoms with Crippen LogP contribution >= 0.6 is 15.9 Å². The highest BCUT2D eigenvalue weighted by Gasteiger charge is 2.45. The molecule has 2 nitrogen and oxygen atoms in total. The maximum Gasteiger partial charge on any atom is 0.223 e. The first kappa shape index (κ1) is 11.1. The summed E-state index contributed by atoms with van der Waals surface area (Å²) in [4.78, 5) is 12.1. The van der Waals surface area contributed by atoms with Gasteiger partial charge in [0.05, 0.1) is 0 Å². The average molecular weight is 286 g/mol. The summed E-state index contributed by atoms with van der Waals surface area (Å²) in [5, 5.41) is 4.23. The fraction of sp³-hybridized carbons (Fsp3) is 0.923. The van der Waals surface area contributed by atoms with E-state index in [1.807, 2.05) is 0 Å². The Labute approximate surface area is 106 Å². The zero-order valence-corrected chi connectivity index (χ0v) is 11.3. The van der Waals surface area contributed by atoms with Crippen LogP contribution in [0.4, 0.5) is 0 Å². The lowest BCUT2D eigenvalue weighted by Crippen LogP contribution is -2.37. The van der Waals surface area contributed by atoms with Gasteiger partial charge in [0.2, 0.25) is 5.91 Å². The third kappa shape index (κ3) is 1.92. The van der Waals surface area contributed by atoms with Gasteiger partial charge in [0, 0.05) is 17.8 Å². The van der Waals surface area contributed by atoms with Crippen LogP contribution in [0.15, 0.2) is 0 Å². The van der Waals surface area contributed by atoms with E-state index in [1.165, 1.54) is 32.1 Å². The van der Waals surface area contributed by atoms with Gasteiger partial charge in [-0.2, -0.15) is 0 Å². The van der Waals surface area contributed by atoms with Crippen LogP contribution in [0.5, 0.6) is 0 Å². The van der Waals surface area contributed by atoms with E-state index in [4.69, 9.17) is 0 Å². The van der Waals surface area contributed by atoms with Crippen LogP contribution in [-0.4, -0.2) is 17.8 Å². The normalized spacial score (nSPS) is 38.7. The van der Waals surface area contributed by atoms with Crippen molar-refractivity contribution >= 4 is 21.8 Å². The number of carbonyl (C=O) groups excluding carboxylic acids is 1. The molecule has 0 saturated heterocycles. The molecule has 0 aromatic carbocycles. The summed E-state index contributed by atoms with van der Waals surface area (Å²) < 4.78 is 0. The lowest BCUT2D eigenvalue weighted by atomic mass is 9.88. The van der Waals surface area contributed by atoms with Crippen LogP contribution < -0.4 is 5.32 Å². The first-order chi connectivity index (χ1) is 7.72. The van der Waals surface area contributed by atoms with E-state index >= 15 is 0 Å². The molecule has 3 fully saturated rings. The molecule has 3 atom stereocenters. The molecule has 0 spiro atoms. The molecule has 0 heterocycles. The molecule has 0 radical (unpaired) electrons. The number of fused-ring (bicyclic) bond motifs is 2. The van der Waals surface area contributed by atoms with Crippen molar-refractivity contribution in [1.82, 2.24) is 5.32 Å². The highest BCUT2D eigenvalue weighted by atomic mass is 79.9. The van der Waals surface area contributed by atoms with Gasteiger partial charge in [-0.25, -0.2) is 0 Å². The monoisotopic (exact) mass is 285 g/mol. The van der Waals surface area contributed by atoms with Crippen molar-refractivity contribution < 1.29 is 4.79 Å². The van der Waals surface area contributed by atoms with Crippen molar-refractivity contribution in [2.45, 2.75) is 38.5 Å². The fourth-order valence-corrected chi connectivity index (χ4v) is 4.26. The topological polar surface area (TPSA) is 29.1 Å². The Morgan fingerprint density at radius 1 is 1.31 bits per heavy atom. The van der Waals surface area contributed by atoms with E-state index in [0.717, 1.165) is 24.2 Å². The van der Waals surface area contributed by atoms with Gasteiger partial charge in [0.25, 0.3) is 0 Å². The smallest absolute Gasteiger partial charge is 0.223 e. The summed E-state index contributed by atoms with van der Waals surface area (Å²) in [6.07, 6.45) is 7.70. The first-order valence-corrected chi connectivity index (χ1v) is 7.68. The minimum atomic E-state index is 0.347. The first-order valence-electron chi connectivity index (χ1n) is 6.56. The van der Waals surface area contributed by atoms with Crippen molar-refractivity contribution in [2.75, 3.05) is 11.9 Å². The molecule has 0 aromatic heterocycles. The van der Waals surface area contributed by atoms with Crippen molar-refractivity contribution in [3.8, 4) is 0 Å². The molecule has 0 aliphatic heterocycles. The zero-order valence-electron chi connectivity index (χ0n) is 9.68. The summed E-state index contributed by atoms with van der Waals surface area (Å²) in [6, 6.07) is 0. The Bertz CT molecular complexity index is 300. The summed E-state index contributed by atoms with van der Waals surface area (Å²) in [5.41, 5.74) is 0.410. The number of hydrogen-bond donors (Lipinski definition) is 1. The van der Waals surface area contributed by atoms with Crippen LogP contribution in [0, 0.1) is 23.2 Å². The molecule has 16 heavy (non-hydrogen) atoms. The minimum Gasteiger partial charge on any atom is -0.355 e. The second-order valence-electron chi connectivity index (χ2n) is 6.13. The molecule has 0 aromatic rings. The highest BCUT2D eigenvalue weighted by molar-refractivity contribution is 9.09. The Balaban J connectivity index is 1.50. The number of nitrogens with one attached hydrogen (secondary N) is 1. The molecular formula is C13H20BrNO. The lowest BCUT2D eigenvalue weighted by molar-refractivity contribution is -0.126. The molecule has 3 rings (SSSR count). The van der Waals surface area contributed by atoms with Gasteiger partial charge in [-0.15, -0.1) is 0 Å². The lowest BCUT2D eigenvalue weighted by Gasteiger charge is -2.22. The van der Waals surface area contributed by atoms with Gasteiger partial charge < -0.3 is 5.32 Å². The summed E-state index contributed by atoms with van der Waals surface area (Å²) >= 11 is 3.55. The molecule has 3 unspecified atom stereocenters. The molecule has 3 heteroatoms. The van der Waals surface area contributed by atoms with Crippen molar-refractivity contribution in [3.05, 3.63) is 0 Å². The number of carbonyl (C=O) groups is 1. The van der Waals surface area contributed by atoms with Crippen LogP contribution in [-0.2, 0) is 4.79 Å². The van der Waals surface area contributed by atoms with Crippen LogP contribution in [0.2, 0.25) is 0 Å². The quantitative estimate of drug-likeness (QED) is 0.791. The van der Waals surface area contributed by atoms with E-state index in [9.17, 15) is 4.79 Å². The van der Waals surface area contributed by atoms with Gasteiger partial charge >= 0.3 is 0 Å². The van der Waals surface area contributed by atoms with Gasteiger partial charge in [-0.3, -0.25) is 4.79 Å². The fourth-order valence-electron chi connectivity index (χ4n) is 3.51. The maximum absolute atomic E-state index is 12.1. The van der Waals surface area contributed by atoms with Crippen molar-refractivity contribution in [1.29, 1.82) is 0 Å². The molecule has 3 saturated carbocycles. The highest BCUT2D eigenvalue weighted by Crippen LogP contribution is 2.49. The average Bonchev–Trinajstić information content (AvgIpc) is 2.78. The second-order valence-corrected chi connectivity index (χ2v) is 6.69. The Hall–Kier alpha value is -0.0500. The van der Waals surface area contributed by atoms with Crippen molar-refractivity contribution in [3.63, 3.8) is 0 Å². The molecule has 2 bridgehead atoms. The standard InChI is InChI=1S/C13H20BrNO/c14-7-13(3-4-13)8-15-12(16)11-6-9-1-2-10(11)5-9/h9-11H,1-8H2,(H,15,16). The number of halogens is 1.